The molecule has 114 valence electrons. The molecular weight excluding hydrogens is 289 g/mol. The Morgan fingerprint density at radius 1 is 1.00 bits per heavy atom. The molecule has 0 saturated carbocycles. The molecule has 0 aromatic heterocycles. The zero-order valence-electron chi connectivity index (χ0n) is 12.6. The number of rotatable bonds is 5. The second-order valence-corrected chi connectivity index (χ2v) is 5.34. The highest BCUT2D eigenvalue weighted by Gasteiger charge is 2.13. The van der Waals surface area contributed by atoms with E-state index in [9.17, 15) is 9.65 Å². The van der Waals surface area contributed by atoms with Crippen molar-refractivity contribution in [1.82, 2.24) is 0 Å². The van der Waals surface area contributed by atoms with Crippen molar-refractivity contribution in [3.8, 4) is 11.8 Å². The summed E-state index contributed by atoms with van der Waals surface area (Å²) in [5, 5.41) is 11.7. The van der Waals surface area contributed by atoms with E-state index in [0.29, 0.717) is 18.8 Å². The van der Waals surface area contributed by atoms with Gasteiger partial charge in [0.1, 0.15) is 11.6 Å². The second-order valence-electron chi connectivity index (χ2n) is 5.34. The Morgan fingerprint density at radius 3 is 2.61 bits per heavy atom. The summed E-state index contributed by atoms with van der Waals surface area (Å²) in [6.45, 7) is 0.366. The first-order valence-electron chi connectivity index (χ1n) is 7.53. The summed E-state index contributed by atoms with van der Waals surface area (Å²) in [7, 11) is 0. The van der Waals surface area contributed by atoms with Gasteiger partial charge in [0.15, 0.2) is 0 Å². The Labute approximate surface area is 134 Å². The van der Waals surface area contributed by atoms with Gasteiger partial charge in [-0.15, -0.1) is 0 Å². The van der Waals surface area contributed by atoms with E-state index in [1.54, 1.807) is 12.1 Å². The fraction of sp³-hybridized carbons (Fsp3) is 0.150. The summed E-state index contributed by atoms with van der Waals surface area (Å²) in [5.41, 5.74) is 1.01. The van der Waals surface area contributed by atoms with Gasteiger partial charge in [-0.05, 0) is 28.5 Å². The molecule has 0 radical (unpaired) electrons. The van der Waals surface area contributed by atoms with Gasteiger partial charge in [-0.3, -0.25) is 0 Å². The van der Waals surface area contributed by atoms with Crippen molar-refractivity contribution >= 4 is 10.8 Å². The average molecular weight is 305 g/mol. The first kappa shape index (κ1) is 15.1. The quantitative estimate of drug-likeness (QED) is 0.660. The van der Waals surface area contributed by atoms with Crippen LogP contribution in [-0.2, 0) is 0 Å². The van der Waals surface area contributed by atoms with Crippen molar-refractivity contribution in [2.75, 3.05) is 6.61 Å². The lowest BCUT2D eigenvalue weighted by Gasteiger charge is -2.13. The van der Waals surface area contributed by atoms with E-state index in [4.69, 9.17) is 4.74 Å². The minimum atomic E-state index is -0.326. The zero-order chi connectivity index (χ0) is 16.1. The Balaban J connectivity index is 1.74. The lowest BCUT2D eigenvalue weighted by molar-refractivity contribution is 0.304. The second kappa shape index (κ2) is 6.93. The summed E-state index contributed by atoms with van der Waals surface area (Å²) in [6.07, 6.45) is 0.557. The molecule has 3 rings (SSSR count). The fourth-order valence-electron chi connectivity index (χ4n) is 2.70. The van der Waals surface area contributed by atoms with Gasteiger partial charge >= 0.3 is 0 Å². The standard InChI is InChI=1S/C20H16FNO/c21-17-7-4-8-18(13-17)23-12-11-16(14-22)20-10-3-6-15-5-1-2-9-19(15)20/h1-10,13,16H,11-12H2. The number of nitrogens with zero attached hydrogens (tertiary/aromatic N) is 1. The molecule has 0 saturated heterocycles. The average Bonchev–Trinajstić information content (AvgIpc) is 2.58. The van der Waals surface area contributed by atoms with Gasteiger partial charge in [0.2, 0.25) is 0 Å². The fourth-order valence-corrected chi connectivity index (χ4v) is 2.70. The van der Waals surface area contributed by atoms with Crippen LogP contribution >= 0.6 is 0 Å². The summed E-state index contributed by atoms with van der Waals surface area (Å²) in [6, 6.07) is 22.4. The molecule has 1 unspecified atom stereocenters. The van der Waals surface area contributed by atoms with Crippen molar-refractivity contribution in [3.05, 3.63) is 78.1 Å². The molecule has 3 heteroatoms. The molecule has 0 spiro atoms. The van der Waals surface area contributed by atoms with Crippen molar-refractivity contribution in [2.24, 2.45) is 0 Å². The highest BCUT2D eigenvalue weighted by Crippen LogP contribution is 2.27. The highest BCUT2D eigenvalue weighted by molar-refractivity contribution is 5.86. The van der Waals surface area contributed by atoms with Gasteiger partial charge in [0.05, 0.1) is 18.6 Å². The zero-order valence-corrected chi connectivity index (χ0v) is 12.6. The summed E-state index contributed by atoms with van der Waals surface area (Å²) < 4.78 is 18.7. The molecule has 2 nitrogen and oxygen atoms in total. The van der Waals surface area contributed by atoms with Gasteiger partial charge in [0, 0.05) is 12.5 Å². The van der Waals surface area contributed by atoms with Crippen LogP contribution in [-0.4, -0.2) is 6.61 Å². The van der Waals surface area contributed by atoms with Gasteiger partial charge in [-0.1, -0.05) is 48.5 Å². The highest BCUT2D eigenvalue weighted by atomic mass is 19.1. The molecule has 0 fully saturated rings. The number of hydrogen-bond donors (Lipinski definition) is 0. The third kappa shape index (κ3) is 3.49. The van der Waals surface area contributed by atoms with E-state index in [2.05, 4.69) is 6.07 Å². The number of benzene rings is 3. The maximum atomic E-state index is 13.1. The van der Waals surface area contributed by atoms with Crippen LogP contribution in [0.25, 0.3) is 10.8 Å². The van der Waals surface area contributed by atoms with Gasteiger partial charge in [-0.2, -0.15) is 5.26 Å². The lowest BCUT2D eigenvalue weighted by atomic mass is 9.92. The smallest absolute Gasteiger partial charge is 0.126 e. The minimum absolute atomic E-state index is 0.255. The third-order valence-electron chi connectivity index (χ3n) is 3.83. The van der Waals surface area contributed by atoms with E-state index >= 15 is 0 Å². The van der Waals surface area contributed by atoms with Crippen molar-refractivity contribution in [3.63, 3.8) is 0 Å². The number of nitriles is 1. The first-order valence-corrected chi connectivity index (χ1v) is 7.53. The Kier molecular flexibility index (Phi) is 4.54. The predicted octanol–water partition coefficient (Wildman–Crippen LogP) is 5.06. The monoisotopic (exact) mass is 305 g/mol. The summed E-state index contributed by atoms with van der Waals surface area (Å²) >= 11 is 0. The van der Waals surface area contributed by atoms with Crippen LogP contribution in [0.15, 0.2) is 66.7 Å². The van der Waals surface area contributed by atoms with Gasteiger partial charge in [0.25, 0.3) is 0 Å². The molecule has 3 aromatic carbocycles. The first-order chi connectivity index (χ1) is 11.3. The van der Waals surface area contributed by atoms with Crippen molar-refractivity contribution < 1.29 is 9.13 Å². The number of hydrogen-bond acceptors (Lipinski definition) is 2. The molecular formula is C20H16FNO. The lowest BCUT2D eigenvalue weighted by Crippen LogP contribution is -2.05. The minimum Gasteiger partial charge on any atom is -0.493 e. The van der Waals surface area contributed by atoms with E-state index in [-0.39, 0.29) is 11.7 Å². The Hall–Kier alpha value is -2.86. The molecule has 3 aromatic rings. The van der Waals surface area contributed by atoms with E-state index < -0.39 is 0 Å². The van der Waals surface area contributed by atoms with Crippen LogP contribution in [0.3, 0.4) is 0 Å². The van der Waals surface area contributed by atoms with E-state index in [1.165, 1.54) is 12.1 Å². The molecule has 0 aliphatic carbocycles. The SMILES string of the molecule is N#CC(CCOc1cccc(F)c1)c1cccc2ccccc12. The van der Waals surface area contributed by atoms with Crippen LogP contribution in [0.4, 0.5) is 4.39 Å². The maximum absolute atomic E-state index is 13.1. The van der Waals surface area contributed by atoms with Gasteiger partial charge in [-0.25, -0.2) is 4.39 Å². The van der Waals surface area contributed by atoms with Crippen LogP contribution in [0.1, 0.15) is 17.9 Å². The molecule has 0 bridgehead atoms. The van der Waals surface area contributed by atoms with Crippen LogP contribution in [0, 0.1) is 17.1 Å². The summed E-state index contributed by atoms with van der Waals surface area (Å²) in [4.78, 5) is 0. The number of fused-ring (bicyclic) bond motifs is 1. The van der Waals surface area contributed by atoms with Crippen LogP contribution < -0.4 is 4.74 Å². The van der Waals surface area contributed by atoms with Gasteiger partial charge < -0.3 is 4.74 Å². The normalized spacial score (nSPS) is 11.8. The van der Waals surface area contributed by atoms with E-state index in [1.807, 2.05) is 42.5 Å². The maximum Gasteiger partial charge on any atom is 0.126 e. The summed E-state index contributed by atoms with van der Waals surface area (Å²) in [5.74, 6) is -0.0948. The molecule has 0 heterocycles. The molecule has 0 amide bonds. The van der Waals surface area contributed by atoms with Crippen molar-refractivity contribution in [2.45, 2.75) is 12.3 Å². The Morgan fingerprint density at radius 2 is 1.78 bits per heavy atom. The van der Waals surface area contributed by atoms with E-state index in [0.717, 1.165) is 16.3 Å². The third-order valence-corrected chi connectivity index (χ3v) is 3.83. The molecule has 23 heavy (non-hydrogen) atoms. The molecule has 0 aliphatic rings. The van der Waals surface area contributed by atoms with Crippen molar-refractivity contribution in [1.29, 1.82) is 5.26 Å². The Bertz CT molecular complexity index is 848. The van der Waals surface area contributed by atoms with Crippen LogP contribution in [0.2, 0.25) is 0 Å². The molecule has 0 N–H and O–H groups in total. The largest absolute Gasteiger partial charge is 0.493 e. The topological polar surface area (TPSA) is 33.0 Å². The molecule has 0 aliphatic heterocycles. The predicted molar refractivity (Wildman–Crippen MR) is 88.8 cm³/mol. The molecule has 1 atom stereocenters. The number of halogens is 1. The number of ether oxygens (including phenoxy) is 1. The van der Waals surface area contributed by atoms with Crippen LogP contribution in [0.5, 0.6) is 5.75 Å².